The highest BCUT2D eigenvalue weighted by Gasteiger charge is 2.23. The van der Waals surface area contributed by atoms with Gasteiger partial charge in [0.1, 0.15) is 23.9 Å². The monoisotopic (exact) mass is 491 g/mol. The summed E-state index contributed by atoms with van der Waals surface area (Å²) in [6.07, 6.45) is 0. The van der Waals surface area contributed by atoms with Crippen molar-refractivity contribution in [2.45, 2.75) is 6.61 Å². The molecule has 5 aromatic rings. The SMILES string of the molecule is COC(=O)c1nn(-c2ccc(Oc3ccccc3)cc2)c(-c2ccc(OCc3ccccc3)cc2)c1N. The van der Waals surface area contributed by atoms with Crippen molar-refractivity contribution in [1.82, 2.24) is 9.78 Å². The summed E-state index contributed by atoms with van der Waals surface area (Å²) in [6.45, 7) is 0.462. The van der Waals surface area contributed by atoms with Crippen LogP contribution in [0, 0.1) is 0 Å². The van der Waals surface area contributed by atoms with Crippen molar-refractivity contribution in [3.05, 3.63) is 120 Å². The summed E-state index contributed by atoms with van der Waals surface area (Å²) in [5, 5.41) is 4.48. The number of esters is 1. The molecule has 1 heterocycles. The molecule has 0 spiro atoms. The molecule has 4 aromatic carbocycles. The Balaban J connectivity index is 1.44. The van der Waals surface area contributed by atoms with Gasteiger partial charge in [-0.05, 0) is 66.2 Å². The lowest BCUT2D eigenvalue weighted by molar-refractivity contribution is 0.0594. The first-order valence-corrected chi connectivity index (χ1v) is 11.7. The number of aromatic nitrogens is 2. The molecule has 0 atom stereocenters. The van der Waals surface area contributed by atoms with Gasteiger partial charge in [0.15, 0.2) is 5.69 Å². The van der Waals surface area contributed by atoms with Crippen molar-refractivity contribution >= 4 is 11.7 Å². The lowest BCUT2D eigenvalue weighted by Gasteiger charge is -2.11. The highest BCUT2D eigenvalue weighted by atomic mass is 16.5. The zero-order valence-electron chi connectivity index (χ0n) is 20.2. The summed E-state index contributed by atoms with van der Waals surface area (Å²) in [6, 6.07) is 34.4. The third-order valence-electron chi connectivity index (χ3n) is 5.74. The van der Waals surface area contributed by atoms with Crippen LogP contribution in [0.15, 0.2) is 109 Å². The first-order valence-electron chi connectivity index (χ1n) is 11.7. The van der Waals surface area contributed by atoms with Gasteiger partial charge in [-0.2, -0.15) is 5.10 Å². The maximum atomic E-state index is 12.4. The van der Waals surface area contributed by atoms with Crippen molar-refractivity contribution < 1.29 is 19.0 Å². The molecule has 0 aliphatic carbocycles. The number of para-hydroxylation sites is 1. The van der Waals surface area contributed by atoms with E-state index in [2.05, 4.69) is 5.10 Å². The van der Waals surface area contributed by atoms with E-state index in [0.29, 0.717) is 29.5 Å². The van der Waals surface area contributed by atoms with Gasteiger partial charge in [0.2, 0.25) is 0 Å². The standard InChI is InChI=1S/C30H25N3O4/c1-35-30(34)28-27(31)29(22-12-16-24(17-13-22)36-20-21-8-4-2-5-9-21)33(32-28)23-14-18-26(19-15-23)37-25-10-6-3-7-11-25/h2-19H,20,31H2,1H3. The molecule has 0 amide bonds. The predicted molar refractivity (Wildman–Crippen MR) is 142 cm³/mol. The number of anilines is 1. The molecule has 0 aliphatic rings. The van der Waals surface area contributed by atoms with E-state index in [1.54, 1.807) is 4.68 Å². The molecular formula is C30H25N3O4. The molecule has 7 nitrogen and oxygen atoms in total. The second-order valence-electron chi connectivity index (χ2n) is 8.22. The number of methoxy groups -OCH3 is 1. The number of carbonyl (C=O) groups excluding carboxylic acids is 1. The van der Waals surface area contributed by atoms with E-state index in [1.807, 2.05) is 109 Å². The molecule has 0 radical (unpaired) electrons. The smallest absolute Gasteiger partial charge is 0.360 e. The minimum atomic E-state index is -0.607. The lowest BCUT2D eigenvalue weighted by Crippen LogP contribution is -2.06. The van der Waals surface area contributed by atoms with Crippen LogP contribution in [0.5, 0.6) is 17.2 Å². The molecule has 0 saturated carbocycles. The third-order valence-corrected chi connectivity index (χ3v) is 5.74. The number of hydrogen-bond acceptors (Lipinski definition) is 6. The molecular weight excluding hydrogens is 466 g/mol. The Labute approximate surface area is 214 Å². The van der Waals surface area contributed by atoms with E-state index < -0.39 is 5.97 Å². The van der Waals surface area contributed by atoms with Crippen molar-refractivity contribution in [1.29, 1.82) is 0 Å². The van der Waals surface area contributed by atoms with E-state index in [4.69, 9.17) is 19.9 Å². The van der Waals surface area contributed by atoms with Crippen molar-refractivity contribution in [3.63, 3.8) is 0 Å². The fourth-order valence-corrected chi connectivity index (χ4v) is 3.87. The molecule has 0 aliphatic heterocycles. The molecule has 37 heavy (non-hydrogen) atoms. The minimum absolute atomic E-state index is 0.0477. The molecule has 0 bridgehead atoms. The van der Waals surface area contributed by atoms with Gasteiger partial charge >= 0.3 is 5.97 Å². The number of carbonyl (C=O) groups is 1. The maximum Gasteiger partial charge on any atom is 0.360 e. The summed E-state index contributed by atoms with van der Waals surface area (Å²) in [7, 11) is 1.30. The highest BCUT2D eigenvalue weighted by molar-refractivity contribution is 5.97. The Kier molecular flexibility index (Phi) is 6.85. The Morgan fingerprint density at radius 3 is 2.03 bits per heavy atom. The molecule has 2 N–H and O–H groups in total. The van der Waals surface area contributed by atoms with Gasteiger partial charge in [0, 0.05) is 5.56 Å². The van der Waals surface area contributed by atoms with E-state index in [1.165, 1.54) is 7.11 Å². The van der Waals surface area contributed by atoms with Crippen LogP contribution in [-0.2, 0) is 11.3 Å². The van der Waals surface area contributed by atoms with Gasteiger partial charge in [-0.1, -0.05) is 48.5 Å². The maximum absolute atomic E-state index is 12.4. The number of nitrogens with two attached hydrogens (primary N) is 1. The number of hydrogen-bond donors (Lipinski definition) is 1. The van der Waals surface area contributed by atoms with Crippen LogP contribution >= 0.6 is 0 Å². The van der Waals surface area contributed by atoms with Crippen molar-refractivity contribution in [3.8, 4) is 34.2 Å². The topological polar surface area (TPSA) is 88.6 Å². The number of ether oxygens (including phenoxy) is 3. The Morgan fingerprint density at radius 1 is 0.784 bits per heavy atom. The van der Waals surface area contributed by atoms with E-state index in [-0.39, 0.29) is 11.4 Å². The fourth-order valence-electron chi connectivity index (χ4n) is 3.87. The summed E-state index contributed by atoms with van der Waals surface area (Å²) >= 11 is 0. The number of benzene rings is 4. The minimum Gasteiger partial charge on any atom is -0.489 e. The largest absolute Gasteiger partial charge is 0.489 e. The highest BCUT2D eigenvalue weighted by Crippen LogP contribution is 2.33. The van der Waals surface area contributed by atoms with Crippen LogP contribution in [0.4, 0.5) is 5.69 Å². The zero-order chi connectivity index (χ0) is 25.6. The van der Waals surface area contributed by atoms with Gasteiger partial charge in [-0.3, -0.25) is 0 Å². The van der Waals surface area contributed by atoms with Crippen molar-refractivity contribution in [2.24, 2.45) is 0 Å². The van der Waals surface area contributed by atoms with E-state index in [0.717, 1.165) is 16.9 Å². The zero-order valence-corrected chi connectivity index (χ0v) is 20.2. The lowest BCUT2D eigenvalue weighted by atomic mass is 10.1. The number of rotatable bonds is 8. The number of nitrogens with zero attached hydrogens (tertiary/aromatic N) is 2. The molecule has 0 fully saturated rings. The quantitative estimate of drug-likeness (QED) is 0.257. The van der Waals surface area contributed by atoms with Crippen LogP contribution in [0.25, 0.3) is 16.9 Å². The van der Waals surface area contributed by atoms with Gasteiger partial charge < -0.3 is 19.9 Å². The second-order valence-corrected chi connectivity index (χ2v) is 8.22. The van der Waals surface area contributed by atoms with E-state index >= 15 is 0 Å². The average Bonchev–Trinajstić information content (AvgIpc) is 3.30. The molecule has 0 saturated heterocycles. The summed E-state index contributed by atoms with van der Waals surface area (Å²) in [4.78, 5) is 12.4. The first-order chi connectivity index (χ1) is 18.1. The number of nitrogen functional groups attached to an aromatic ring is 1. The first kappa shape index (κ1) is 23.7. The van der Waals surface area contributed by atoms with Crippen LogP contribution in [0.3, 0.4) is 0 Å². The van der Waals surface area contributed by atoms with Crippen LogP contribution in [-0.4, -0.2) is 22.9 Å². The second kappa shape index (κ2) is 10.7. The van der Waals surface area contributed by atoms with E-state index in [9.17, 15) is 4.79 Å². The third kappa shape index (κ3) is 5.31. The fraction of sp³-hybridized carbons (Fsp3) is 0.0667. The molecule has 1 aromatic heterocycles. The molecule has 0 unspecified atom stereocenters. The van der Waals surface area contributed by atoms with Gasteiger partial charge in [-0.15, -0.1) is 0 Å². The summed E-state index contributed by atoms with van der Waals surface area (Å²) in [5.41, 5.74) is 9.83. The Bertz CT molecular complexity index is 1480. The van der Waals surface area contributed by atoms with Crippen LogP contribution < -0.4 is 15.2 Å². The Hall–Kier alpha value is -5.04. The summed E-state index contributed by atoms with van der Waals surface area (Å²) < 4.78 is 18.3. The van der Waals surface area contributed by atoms with Gasteiger partial charge in [-0.25, -0.2) is 9.48 Å². The normalized spacial score (nSPS) is 10.6. The summed E-state index contributed by atoms with van der Waals surface area (Å²) in [5.74, 6) is 1.52. The van der Waals surface area contributed by atoms with Crippen molar-refractivity contribution in [2.75, 3.05) is 12.8 Å². The average molecular weight is 492 g/mol. The van der Waals surface area contributed by atoms with Gasteiger partial charge in [0.05, 0.1) is 24.2 Å². The Morgan fingerprint density at radius 2 is 1.38 bits per heavy atom. The molecule has 5 rings (SSSR count). The van der Waals surface area contributed by atoms with Crippen LogP contribution in [0.2, 0.25) is 0 Å². The predicted octanol–water partition coefficient (Wildman–Crippen LogP) is 6.28. The molecule has 184 valence electrons. The van der Waals surface area contributed by atoms with Gasteiger partial charge in [0.25, 0.3) is 0 Å². The molecule has 7 heteroatoms. The van der Waals surface area contributed by atoms with Crippen LogP contribution in [0.1, 0.15) is 16.1 Å².